The third-order valence-electron chi connectivity index (χ3n) is 3.19. The van der Waals surface area contributed by atoms with Gasteiger partial charge in [-0.1, -0.05) is 13.3 Å². The smallest absolute Gasteiger partial charge is 0.330 e. The number of aliphatic carboxylic acids is 1. The lowest BCUT2D eigenvalue weighted by Crippen LogP contribution is -2.55. The van der Waals surface area contributed by atoms with Crippen LogP contribution in [-0.2, 0) is 14.3 Å². The first-order valence-electron chi connectivity index (χ1n) is 7.19. The van der Waals surface area contributed by atoms with Crippen LogP contribution in [0, 0.1) is 0 Å². The van der Waals surface area contributed by atoms with Gasteiger partial charge in [0.25, 0.3) is 0 Å². The summed E-state index contributed by atoms with van der Waals surface area (Å²) >= 11 is 0. The number of hydrazine groups is 2. The topological polar surface area (TPSA) is 208 Å². The number of carboxylic acids is 1. The maximum Gasteiger partial charge on any atom is 0.330 e. The van der Waals surface area contributed by atoms with Crippen LogP contribution in [0.25, 0.3) is 0 Å². The van der Waals surface area contributed by atoms with Crippen molar-refractivity contribution in [2.75, 3.05) is 6.61 Å². The summed E-state index contributed by atoms with van der Waals surface area (Å²) in [6, 6.07) is -5.08. The van der Waals surface area contributed by atoms with E-state index in [2.05, 4.69) is 0 Å². The second-order valence-electron chi connectivity index (χ2n) is 4.96. The number of carbonyl (C=O) groups excluding carboxylic acids is 3. The average molecular weight is 382 g/mol. The van der Waals surface area contributed by atoms with Crippen molar-refractivity contribution in [1.29, 1.82) is 0 Å². The van der Waals surface area contributed by atoms with Crippen LogP contribution in [0.4, 0.5) is 9.59 Å². The number of hydrogen-bond donors (Lipinski definition) is 5. The van der Waals surface area contributed by atoms with E-state index in [1.807, 2.05) is 6.92 Å². The fraction of sp³-hybridized carbons (Fsp3) is 0.667. The van der Waals surface area contributed by atoms with Crippen molar-refractivity contribution in [3.05, 3.63) is 0 Å². The molecule has 3 atom stereocenters. The Labute approximate surface area is 148 Å². The Bertz CT molecular complexity index is 479. The number of carboxylic acid groups (broad SMARTS) is 1. The van der Waals surface area contributed by atoms with Crippen molar-refractivity contribution in [3.8, 4) is 0 Å². The first kappa shape index (κ1) is 25.1. The molecule has 0 aliphatic rings. The summed E-state index contributed by atoms with van der Waals surface area (Å²) in [6.45, 7) is 2.01. The highest BCUT2D eigenvalue weighted by Gasteiger charge is 2.32. The van der Waals surface area contributed by atoms with Gasteiger partial charge in [-0.05, 0) is 19.3 Å². The number of rotatable bonds is 10. The van der Waals surface area contributed by atoms with E-state index in [1.165, 1.54) is 0 Å². The minimum Gasteiger partial charge on any atom is -0.480 e. The molecule has 13 heteroatoms. The predicted octanol–water partition coefficient (Wildman–Crippen LogP) is -1.50. The quantitative estimate of drug-likeness (QED) is 0.0747. The summed E-state index contributed by atoms with van der Waals surface area (Å²) in [7, 11) is 0. The summed E-state index contributed by atoms with van der Waals surface area (Å²) in [6.07, 6.45) is 0.836. The number of unbranched alkanes of at least 4 members (excludes halogenated alkanes) is 1. The van der Waals surface area contributed by atoms with Gasteiger partial charge in [0.2, 0.25) is 0 Å². The van der Waals surface area contributed by atoms with Gasteiger partial charge in [-0.15, -0.1) is 0 Å². The molecule has 4 amide bonds. The lowest BCUT2D eigenvalue weighted by atomic mass is 10.1. The van der Waals surface area contributed by atoms with Crippen LogP contribution in [0.15, 0.2) is 0 Å². The normalized spacial score (nSPS) is 12.3. The summed E-state index contributed by atoms with van der Waals surface area (Å²) < 4.78 is 4.96. The van der Waals surface area contributed by atoms with Crippen LogP contribution in [0.2, 0.25) is 0 Å². The number of carbonyl (C=O) groups is 4. The van der Waals surface area contributed by atoms with Crippen molar-refractivity contribution < 1.29 is 29.0 Å². The fourth-order valence-corrected chi connectivity index (χ4v) is 1.79. The van der Waals surface area contributed by atoms with Crippen molar-refractivity contribution in [3.63, 3.8) is 0 Å². The molecule has 0 aromatic carbocycles. The second kappa shape index (κ2) is 12.2. The zero-order valence-corrected chi connectivity index (χ0v) is 15.5. The standard InChI is InChI=1S/C12H24N6O6.H3P/c1-2-3-6-24-10(21)8(18(16)12(14)23)5-4-7(9(19)20)17(15)11(13)22;/h7-8H,2-6,15-16H2,1H3,(H2,13,22)(H2,14,23)(H,19,20);1H3. The number of primary amides is 2. The number of urea groups is 2. The number of nitrogens with two attached hydrogens (primary N) is 4. The van der Waals surface area contributed by atoms with E-state index in [-0.39, 0.29) is 29.3 Å². The molecule has 0 rings (SSSR count). The number of esters is 1. The molecule has 12 nitrogen and oxygen atoms in total. The Balaban J connectivity index is 0. The van der Waals surface area contributed by atoms with Crippen molar-refractivity contribution in [1.82, 2.24) is 10.0 Å². The number of nitrogens with zero attached hydrogens (tertiary/aromatic N) is 2. The maximum atomic E-state index is 12.0. The molecule has 146 valence electrons. The number of hydrogen-bond acceptors (Lipinski definition) is 7. The van der Waals surface area contributed by atoms with Gasteiger partial charge in [0.15, 0.2) is 0 Å². The highest BCUT2D eigenvalue weighted by Crippen LogP contribution is 2.12. The minimum atomic E-state index is -1.50. The molecule has 0 radical (unpaired) electrons. The van der Waals surface area contributed by atoms with E-state index in [4.69, 9.17) is 33.0 Å². The maximum absolute atomic E-state index is 12.0. The van der Waals surface area contributed by atoms with Crippen LogP contribution >= 0.6 is 9.90 Å². The molecule has 0 saturated carbocycles. The molecule has 0 aliphatic carbocycles. The zero-order chi connectivity index (χ0) is 18.9. The third kappa shape index (κ3) is 8.47. The van der Waals surface area contributed by atoms with Crippen LogP contribution in [-0.4, -0.2) is 57.8 Å². The molecule has 0 bridgehead atoms. The van der Waals surface area contributed by atoms with Crippen molar-refractivity contribution >= 4 is 33.9 Å². The van der Waals surface area contributed by atoms with Gasteiger partial charge in [-0.25, -0.2) is 40.9 Å². The van der Waals surface area contributed by atoms with Crippen LogP contribution in [0.1, 0.15) is 32.6 Å². The van der Waals surface area contributed by atoms with E-state index in [1.54, 1.807) is 0 Å². The van der Waals surface area contributed by atoms with Gasteiger partial charge >= 0.3 is 24.0 Å². The van der Waals surface area contributed by atoms with E-state index >= 15 is 0 Å². The van der Waals surface area contributed by atoms with E-state index in [0.717, 1.165) is 6.42 Å². The average Bonchev–Trinajstić information content (AvgIpc) is 2.49. The molecule has 0 fully saturated rings. The molecule has 0 aliphatic heterocycles. The fourth-order valence-electron chi connectivity index (χ4n) is 1.79. The van der Waals surface area contributed by atoms with E-state index in [0.29, 0.717) is 16.4 Å². The van der Waals surface area contributed by atoms with Gasteiger partial charge in [-0.3, -0.25) is 0 Å². The summed E-state index contributed by atoms with van der Waals surface area (Å²) in [5.41, 5.74) is 9.96. The van der Waals surface area contributed by atoms with Gasteiger partial charge in [0.1, 0.15) is 12.1 Å². The first-order valence-corrected chi connectivity index (χ1v) is 7.19. The lowest BCUT2D eigenvalue weighted by molar-refractivity contribution is -0.150. The first-order chi connectivity index (χ1) is 11.1. The molecule has 0 heterocycles. The molecule has 0 aromatic heterocycles. The SMILES string of the molecule is CCCCOC(=O)C(CCC(C(=O)O)N(N)C(N)=O)N(N)C(N)=O.P. The Morgan fingerprint density at radius 1 is 1.00 bits per heavy atom. The summed E-state index contributed by atoms with van der Waals surface area (Å²) in [5, 5.41) is 9.84. The molecule has 3 unspecified atom stereocenters. The van der Waals surface area contributed by atoms with Gasteiger partial charge < -0.3 is 21.3 Å². The Morgan fingerprint density at radius 2 is 1.44 bits per heavy atom. The molecule has 0 aromatic rings. The molecular formula is C12H27N6O6P. The monoisotopic (exact) mass is 382 g/mol. The van der Waals surface area contributed by atoms with Crippen molar-refractivity contribution in [2.24, 2.45) is 23.2 Å². The number of ether oxygens (including phenoxy) is 1. The van der Waals surface area contributed by atoms with E-state index in [9.17, 15) is 19.2 Å². The van der Waals surface area contributed by atoms with Crippen LogP contribution in [0.3, 0.4) is 0 Å². The number of amides is 4. The highest BCUT2D eigenvalue weighted by molar-refractivity contribution is 6.92. The second-order valence-corrected chi connectivity index (χ2v) is 4.96. The zero-order valence-electron chi connectivity index (χ0n) is 14.1. The molecular weight excluding hydrogens is 355 g/mol. The van der Waals surface area contributed by atoms with Crippen LogP contribution < -0.4 is 23.2 Å². The largest absolute Gasteiger partial charge is 0.480 e. The van der Waals surface area contributed by atoms with Crippen LogP contribution in [0.5, 0.6) is 0 Å². The lowest BCUT2D eigenvalue weighted by Gasteiger charge is -2.27. The molecule has 0 saturated heterocycles. The molecule has 0 spiro atoms. The highest BCUT2D eigenvalue weighted by atomic mass is 31.0. The Kier molecular flexibility index (Phi) is 12.3. The van der Waals surface area contributed by atoms with Gasteiger partial charge in [0, 0.05) is 0 Å². The van der Waals surface area contributed by atoms with Crippen molar-refractivity contribution in [2.45, 2.75) is 44.7 Å². The molecule has 25 heavy (non-hydrogen) atoms. The minimum absolute atomic E-state index is 0. The van der Waals surface area contributed by atoms with E-state index < -0.39 is 36.1 Å². The Hall–Kier alpha value is -2.17. The Morgan fingerprint density at radius 3 is 1.84 bits per heavy atom. The summed E-state index contributed by atoms with van der Waals surface area (Å²) in [5.74, 6) is 8.45. The molecule has 9 N–H and O–H groups in total. The summed E-state index contributed by atoms with van der Waals surface area (Å²) in [4.78, 5) is 45.4. The predicted molar refractivity (Wildman–Crippen MR) is 92.6 cm³/mol. The van der Waals surface area contributed by atoms with Gasteiger partial charge in [-0.2, -0.15) is 9.90 Å². The third-order valence-corrected chi connectivity index (χ3v) is 3.19. The van der Waals surface area contributed by atoms with Gasteiger partial charge in [0.05, 0.1) is 6.61 Å².